The number of nitro groups is 1. The molecule has 0 radical (unpaired) electrons. The molecule has 3 aromatic rings. The van der Waals surface area contributed by atoms with E-state index >= 15 is 0 Å². The standard InChI is InChI=1S/C19H15BrN2O3/c1-2-21(17-9-5-7-13-6-3-4-8-15(13)17)19(23)14-10-11-16(20)18(12-14)22(24)25/h3-12H,2H2,1H3. The second-order valence-corrected chi connectivity index (χ2v) is 6.33. The zero-order chi connectivity index (χ0) is 18.0. The van der Waals surface area contributed by atoms with Crippen molar-refractivity contribution in [1.82, 2.24) is 0 Å². The van der Waals surface area contributed by atoms with Crippen LogP contribution in [0, 0.1) is 10.1 Å². The highest BCUT2D eigenvalue weighted by Gasteiger charge is 2.21. The molecule has 5 nitrogen and oxygen atoms in total. The fourth-order valence-corrected chi connectivity index (χ4v) is 3.20. The molecule has 0 heterocycles. The normalized spacial score (nSPS) is 10.6. The first-order valence-corrected chi connectivity index (χ1v) is 8.55. The van der Waals surface area contributed by atoms with Crippen molar-refractivity contribution in [1.29, 1.82) is 0 Å². The topological polar surface area (TPSA) is 63.5 Å². The highest BCUT2D eigenvalue weighted by Crippen LogP contribution is 2.30. The summed E-state index contributed by atoms with van der Waals surface area (Å²) in [4.78, 5) is 25.3. The average Bonchev–Trinajstić information content (AvgIpc) is 2.62. The maximum Gasteiger partial charge on any atom is 0.284 e. The van der Waals surface area contributed by atoms with Crippen molar-refractivity contribution < 1.29 is 9.72 Å². The van der Waals surface area contributed by atoms with Crippen LogP contribution in [0.4, 0.5) is 11.4 Å². The third-order valence-corrected chi connectivity index (χ3v) is 4.68. The lowest BCUT2D eigenvalue weighted by atomic mass is 10.1. The number of benzene rings is 3. The first-order valence-electron chi connectivity index (χ1n) is 7.76. The molecule has 0 spiro atoms. The van der Waals surface area contributed by atoms with E-state index in [0.29, 0.717) is 11.0 Å². The third-order valence-electron chi connectivity index (χ3n) is 4.01. The van der Waals surface area contributed by atoms with Gasteiger partial charge < -0.3 is 4.90 Å². The second kappa shape index (κ2) is 7.03. The summed E-state index contributed by atoms with van der Waals surface area (Å²) in [6.07, 6.45) is 0. The number of anilines is 1. The van der Waals surface area contributed by atoms with Crippen molar-refractivity contribution in [2.24, 2.45) is 0 Å². The lowest BCUT2D eigenvalue weighted by Gasteiger charge is -2.23. The molecule has 0 saturated carbocycles. The molecule has 0 saturated heterocycles. The van der Waals surface area contributed by atoms with Crippen LogP contribution in [-0.4, -0.2) is 17.4 Å². The summed E-state index contributed by atoms with van der Waals surface area (Å²) < 4.78 is 0.349. The molecule has 1 amide bonds. The predicted octanol–water partition coefficient (Wildman–Crippen LogP) is 5.18. The van der Waals surface area contributed by atoms with Crippen molar-refractivity contribution in [3.63, 3.8) is 0 Å². The molecule has 0 aliphatic rings. The largest absolute Gasteiger partial charge is 0.308 e. The number of nitrogens with zero attached hydrogens (tertiary/aromatic N) is 2. The lowest BCUT2D eigenvalue weighted by Crippen LogP contribution is -2.30. The van der Waals surface area contributed by atoms with E-state index in [1.54, 1.807) is 11.0 Å². The maximum absolute atomic E-state index is 13.0. The van der Waals surface area contributed by atoms with E-state index < -0.39 is 4.92 Å². The Morgan fingerprint density at radius 3 is 2.56 bits per heavy atom. The Morgan fingerprint density at radius 2 is 1.84 bits per heavy atom. The number of hydrogen-bond donors (Lipinski definition) is 0. The van der Waals surface area contributed by atoms with Crippen LogP contribution in [0.15, 0.2) is 65.1 Å². The minimum atomic E-state index is -0.505. The molecular formula is C19H15BrN2O3. The molecule has 0 aliphatic heterocycles. The second-order valence-electron chi connectivity index (χ2n) is 5.47. The van der Waals surface area contributed by atoms with Crippen LogP contribution >= 0.6 is 15.9 Å². The van der Waals surface area contributed by atoms with Crippen LogP contribution in [0.25, 0.3) is 10.8 Å². The monoisotopic (exact) mass is 398 g/mol. The van der Waals surface area contributed by atoms with E-state index in [0.717, 1.165) is 16.5 Å². The van der Waals surface area contributed by atoms with Gasteiger partial charge in [-0.3, -0.25) is 14.9 Å². The van der Waals surface area contributed by atoms with E-state index in [1.807, 2.05) is 49.4 Å². The summed E-state index contributed by atoms with van der Waals surface area (Å²) in [7, 11) is 0. The lowest BCUT2D eigenvalue weighted by molar-refractivity contribution is -0.385. The number of hydrogen-bond acceptors (Lipinski definition) is 3. The molecule has 0 fully saturated rings. The Morgan fingerprint density at radius 1 is 1.12 bits per heavy atom. The zero-order valence-corrected chi connectivity index (χ0v) is 15.1. The molecule has 0 aliphatic carbocycles. The van der Waals surface area contributed by atoms with Crippen molar-refractivity contribution in [3.05, 3.63) is 80.8 Å². The number of amides is 1. The van der Waals surface area contributed by atoms with Gasteiger partial charge in [0, 0.05) is 23.6 Å². The van der Waals surface area contributed by atoms with Gasteiger partial charge in [-0.15, -0.1) is 0 Å². The highest BCUT2D eigenvalue weighted by molar-refractivity contribution is 9.10. The SMILES string of the molecule is CCN(C(=O)c1ccc(Br)c([N+](=O)[O-])c1)c1cccc2ccccc12. The van der Waals surface area contributed by atoms with Crippen molar-refractivity contribution in [2.45, 2.75) is 6.92 Å². The first kappa shape index (κ1) is 17.1. The van der Waals surface area contributed by atoms with Gasteiger partial charge in [0.05, 0.1) is 15.1 Å². The van der Waals surface area contributed by atoms with E-state index in [1.165, 1.54) is 12.1 Å². The van der Waals surface area contributed by atoms with Crippen LogP contribution in [0.2, 0.25) is 0 Å². The zero-order valence-electron chi connectivity index (χ0n) is 13.5. The molecule has 0 aromatic heterocycles. The Balaban J connectivity index is 2.08. The van der Waals surface area contributed by atoms with Gasteiger partial charge in [-0.25, -0.2) is 0 Å². The molecule has 25 heavy (non-hydrogen) atoms. The number of halogens is 1. The summed E-state index contributed by atoms with van der Waals surface area (Å²) in [5.41, 5.74) is 0.945. The van der Waals surface area contributed by atoms with E-state index in [2.05, 4.69) is 15.9 Å². The summed E-state index contributed by atoms with van der Waals surface area (Å²) >= 11 is 3.15. The fourth-order valence-electron chi connectivity index (χ4n) is 2.81. The van der Waals surface area contributed by atoms with Gasteiger partial charge >= 0.3 is 0 Å². The van der Waals surface area contributed by atoms with Crippen molar-refractivity contribution in [3.8, 4) is 0 Å². The quantitative estimate of drug-likeness (QED) is 0.449. The third kappa shape index (κ3) is 3.25. The van der Waals surface area contributed by atoms with Crippen LogP contribution in [0.3, 0.4) is 0 Å². The van der Waals surface area contributed by atoms with E-state index in [4.69, 9.17) is 0 Å². The van der Waals surface area contributed by atoms with Gasteiger partial charge in [0.15, 0.2) is 0 Å². The van der Waals surface area contributed by atoms with Crippen LogP contribution in [0.1, 0.15) is 17.3 Å². The highest BCUT2D eigenvalue weighted by atomic mass is 79.9. The molecule has 3 aromatic carbocycles. The summed E-state index contributed by atoms with van der Waals surface area (Å²) in [6.45, 7) is 2.34. The van der Waals surface area contributed by atoms with Gasteiger partial charge in [-0.2, -0.15) is 0 Å². The predicted molar refractivity (Wildman–Crippen MR) is 102 cm³/mol. The molecule has 6 heteroatoms. The van der Waals surface area contributed by atoms with Gasteiger partial charge in [0.2, 0.25) is 0 Å². The van der Waals surface area contributed by atoms with Crippen LogP contribution in [0.5, 0.6) is 0 Å². The molecule has 0 bridgehead atoms. The number of carbonyl (C=O) groups excluding carboxylic acids is 1. The summed E-state index contributed by atoms with van der Waals surface area (Å²) in [6, 6.07) is 18.0. The average molecular weight is 399 g/mol. The maximum atomic E-state index is 13.0. The Bertz CT molecular complexity index is 967. The van der Waals surface area contributed by atoms with Crippen LogP contribution in [-0.2, 0) is 0 Å². The summed E-state index contributed by atoms with van der Waals surface area (Å²) in [5, 5.41) is 13.1. The molecule has 126 valence electrons. The molecule has 3 rings (SSSR count). The molecule has 0 atom stereocenters. The van der Waals surface area contributed by atoms with Crippen LogP contribution < -0.4 is 4.90 Å². The molecule has 0 N–H and O–H groups in total. The smallest absolute Gasteiger partial charge is 0.284 e. The first-order chi connectivity index (χ1) is 12.0. The minimum Gasteiger partial charge on any atom is -0.308 e. The number of nitro benzene ring substituents is 1. The number of carbonyl (C=O) groups is 1. The van der Waals surface area contributed by atoms with Crippen molar-refractivity contribution >= 4 is 44.0 Å². The fraction of sp³-hybridized carbons (Fsp3) is 0.105. The molecule has 0 unspecified atom stereocenters. The van der Waals surface area contributed by atoms with E-state index in [9.17, 15) is 14.9 Å². The van der Waals surface area contributed by atoms with Gasteiger partial charge in [0.1, 0.15) is 0 Å². The minimum absolute atomic E-state index is 0.125. The Hall–Kier alpha value is -2.73. The Labute approximate surface area is 153 Å². The molecular weight excluding hydrogens is 384 g/mol. The van der Waals surface area contributed by atoms with E-state index in [-0.39, 0.29) is 17.2 Å². The van der Waals surface area contributed by atoms with Gasteiger partial charge in [-0.05, 0) is 46.4 Å². The van der Waals surface area contributed by atoms with Gasteiger partial charge in [-0.1, -0.05) is 36.4 Å². The summed E-state index contributed by atoms with van der Waals surface area (Å²) in [5.74, 6) is -0.269. The van der Waals surface area contributed by atoms with Crippen molar-refractivity contribution in [2.75, 3.05) is 11.4 Å². The number of fused-ring (bicyclic) bond motifs is 1. The Kier molecular flexibility index (Phi) is 4.81. The number of rotatable bonds is 4. The van der Waals surface area contributed by atoms with Gasteiger partial charge in [0.25, 0.3) is 11.6 Å².